The lowest BCUT2D eigenvalue weighted by atomic mass is 9.81. The molecule has 19 heavy (non-hydrogen) atoms. The van der Waals surface area contributed by atoms with Crippen molar-refractivity contribution in [2.24, 2.45) is 0 Å². The van der Waals surface area contributed by atoms with E-state index in [0.717, 1.165) is 6.20 Å². The van der Waals surface area contributed by atoms with Gasteiger partial charge in [-0.25, -0.2) is 18.2 Å². The molecule has 1 saturated carbocycles. The highest BCUT2D eigenvalue weighted by Gasteiger charge is 2.47. The van der Waals surface area contributed by atoms with Crippen molar-refractivity contribution < 1.29 is 13.2 Å². The Morgan fingerprint density at radius 2 is 2.16 bits per heavy atom. The van der Waals surface area contributed by atoms with E-state index < -0.39 is 5.92 Å². The van der Waals surface area contributed by atoms with Gasteiger partial charge in [0.1, 0.15) is 11.6 Å². The van der Waals surface area contributed by atoms with Crippen LogP contribution in [0.5, 0.6) is 0 Å². The van der Waals surface area contributed by atoms with Gasteiger partial charge in [-0.1, -0.05) is 0 Å². The Bertz CT molecular complexity index is 586. The van der Waals surface area contributed by atoms with Gasteiger partial charge in [0.15, 0.2) is 0 Å². The zero-order valence-corrected chi connectivity index (χ0v) is 10.0. The van der Waals surface area contributed by atoms with Gasteiger partial charge in [-0.05, 0) is 11.6 Å². The number of imidazole rings is 1. The van der Waals surface area contributed by atoms with Crippen LogP contribution in [-0.4, -0.2) is 20.9 Å². The average molecular weight is 267 g/mol. The summed E-state index contributed by atoms with van der Waals surface area (Å²) in [4.78, 5) is 10.8. The van der Waals surface area contributed by atoms with Gasteiger partial charge in [-0.3, -0.25) is 4.98 Å². The van der Waals surface area contributed by atoms with Crippen molar-refractivity contribution in [3.63, 3.8) is 0 Å². The second-order valence-electron chi connectivity index (χ2n) is 4.88. The Hall–Kier alpha value is -1.85. The van der Waals surface area contributed by atoms with Crippen molar-refractivity contribution in [3.8, 4) is 0 Å². The normalized spacial score (nSPS) is 18.3. The number of nitrogens with one attached hydrogen (secondary N) is 1. The third-order valence-corrected chi connectivity index (χ3v) is 3.36. The van der Waals surface area contributed by atoms with Crippen molar-refractivity contribution in [2.75, 3.05) is 0 Å². The Morgan fingerprint density at radius 3 is 2.84 bits per heavy atom. The molecule has 0 atom stereocenters. The van der Waals surface area contributed by atoms with E-state index in [1.807, 2.05) is 0 Å². The first-order chi connectivity index (χ1) is 9.03. The summed E-state index contributed by atoms with van der Waals surface area (Å²) in [6.07, 6.45) is 4.31. The van der Waals surface area contributed by atoms with Gasteiger partial charge in [-0.15, -0.1) is 0 Å². The van der Waals surface area contributed by atoms with Gasteiger partial charge in [0.05, 0.1) is 11.9 Å². The van der Waals surface area contributed by atoms with E-state index in [-0.39, 0.29) is 24.6 Å². The second kappa shape index (κ2) is 4.36. The quantitative estimate of drug-likeness (QED) is 0.928. The monoisotopic (exact) mass is 267 g/mol. The SMILES string of the molecule is Fc1cnccc1Cc1c[nH]c(C2CC(F)(F)C2)n1. The third-order valence-electron chi connectivity index (χ3n) is 3.36. The highest BCUT2D eigenvalue weighted by atomic mass is 19.3. The van der Waals surface area contributed by atoms with Crippen LogP contribution in [0.25, 0.3) is 0 Å². The van der Waals surface area contributed by atoms with E-state index in [2.05, 4.69) is 15.0 Å². The summed E-state index contributed by atoms with van der Waals surface area (Å²) in [7, 11) is 0. The molecule has 0 saturated heterocycles. The summed E-state index contributed by atoms with van der Waals surface area (Å²) in [5, 5.41) is 0. The molecule has 3 nitrogen and oxygen atoms in total. The zero-order chi connectivity index (χ0) is 13.5. The van der Waals surface area contributed by atoms with Crippen LogP contribution in [0.4, 0.5) is 13.2 Å². The predicted molar refractivity (Wildman–Crippen MR) is 62.5 cm³/mol. The van der Waals surface area contributed by atoms with Gasteiger partial charge in [-0.2, -0.15) is 0 Å². The maximum atomic E-state index is 13.4. The summed E-state index contributed by atoms with van der Waals surface area (Å²) in [5.74, 6) is -2.60. The molecular formula is C13H12F3N3. The van der Waals surface area contributed by atoms with E-state index in [4.69, 9.17) is 0 Å². The molecule has 0 unspecified atom stereocenters. The lowest BCUT2D eigenvalue weighted by molar-refractivity contribution is -0.0883. The van der Waals surface area contributed by atoms with Gasteiger partial charge in [0.2, 0.25) is 5.92 Å². The molecule has 2 aromatic rings. The van der Waals surface area contributed by atoms with E-state index in [1.54, 1.807) is 12.3 Å². The van der Waals surface area contributed by atoms with Crippen LogP contribution >= 0.6 is 0 Å². The summed E-state index contributed by atoms with van der Waals surface area (Å²) in [5.41, 5.74) is 1.14. The lowest BCUT2D eigenvalue weighted by Crippen LogP contribution is -2.34. The smallest absolute Gasteiger partial charge is 0.249 e. The predicted octanol–water partition coefficient (Wildman–Crippen LogP) is 3.05. The van der Waals surface area contributed by atoms with Gasteiger partial charge >= 0.3 is 0 Å². The second-order valence-corrected chi connectivity index (χ2v) is 4.88. The molecule has 0 radical (unpaired) electrons. The molecule has 100 valence electrons. The number of hydrogen-bond donors (Lipinski definition) is 1. The van der Waals surface area contributed by atoms with Gasteiger partial charge < -0.3 is 4.98 Å². The van der Waals surface area contributed by atoms with Crippen LogP contribution in [0, 0.1) is 5.82 Å². The maximum Gasteiger partial charge on any atom is 0.249 e. The number of aromatic amines is 1. The fourth-order valence-corrected chi connectivity index (χ4v) is 2.27. The molecule has 2 heterocycles. The Kier molecular flexibility index (Phi) is 2.80. The molecule has 0 bridgehead atoms. The van der Waals surface area contributed by atoms with E-state index in [0.29, 0.717) is 23.5 Å². The van der Waals surface area contributed by atoms with Crippen molar-refractivity contribution in [1.82, 2.24) is 15.0 Å². The summed E-state index contributed by atoms with van der Waals surface area (Å²) in [6.45, 7) is 0. The minimum absolute atomic E-state index is 0.163. The van der Waals surface area contributed by atoms with E-state index in [9.17, 15) is 13.2 Å². The fourth-order valence-electron chi connectivity index (χ4n) is 2.27. The van der Waals surface area contributed by atoms with E-state index >= 15 is 0 Å². The van der Waals surface area contributed by atoms with Crippen LogP contribution in [0.1, 0.15) is 35.8 Å². The minimum Gasteiger partial charge on any atom is -0.348 e. The molecule has 2 aromatic heterocycles. The van der Waals surface area contributed by atoms with Crippen molar-refractivity contribution in [2.45, 2.75) is 31.1 Å². The molecular weight excluding hydrogens is 255 g/mol. The number of alkyl halides is 2. The molecule has 1 fully saturated rings. The number of pyridine rings is 1. The number of halogens is 3. The molecule has 1 aliphatic rings. The fraction of sp³-hybridized carbons (Fsp3) is 0.385. The van der Waals surface area contributed by atoms with Crippen LogP contribution in [0.3, 0.4) is 0 Å². The summed E-state index contributed by atoms with van der Waals surface area (Å²) < 4.78 is 39.0. The summed E-state index contributed by atoms with van der Waals surface area (Å²) in [6, 6.07) is 1.58. The van der Waals surface area contributed by atoms with Crippen LogP contribution < -0.4 is 0 Å². The molecule has 1 aliphatic carbocycles. The Balaban J connectivity index is 1.71. The molecule has 6 heteroatoms. The highest BCUT2D eigenvalue weighted by molar-refractivity contribution is 5.21. The number of aromatic nitrogens is 3. The summed E-state index contributed by atoms with van der Waals surface area (Å²) >= 11 is 0. The first-order valence-corrected chi connectivity index (χ1v) is 6.04. The van der Waals surface area contributed by atoms with Gasteiger partial charge in [0, 0.05) is 37.6 Å². The molecule has 1 N–H and O–H groups in total. The Labute approximate surface area is 107 Å². The minimum atomic E-state index is -2.56. The van der Waals surface area contributed by atoms with Crippen LogP contribution in [-0.2, 0) is 6.42 Å². The van der Waals surface area contributed by atoms with Crippen LogP contribution in [0.15, 0.2) is 24.7 Å². The molecule has 0 amide bonds. The van der Waals surface area contributed by atoms with Crippen molar-refractivity contribution >= 4 is 0 Å². The van der Waals surface area contributed by atoms with Crippen molar-refractivity contribution in [3.05, 3.63) is 47.6 Å². The number of rotatable bonds is 3. The number of hydrogen-bond acceptors (Lipinski definition) is 2. The molecule has 0 spiro atoms. The zero-order valence-electron chi connectivity index (χ0n) is 10.0. The molecule has 0 aliphatic heterocycles. The maximum absolute atomic E-state index is 13.4. The standard InChI is InChI=1S/C13H12F3N3/c14-11-7-17-2-1-8(11)3-10-6-18-12(19-10)9-4-13(15,16)5-9/h1-2,6-7,9H,3-5H2,(H,18,19). The topological polar surface area (TPSA) is 41.6 Å². The first kappa shape index (κ1) is 12.2. The first-order valence-electron chi connectivity index (χ1n) is 6.04. The number of nitrogens with zero attached hydrogens (tertiary/aromatic N) is 2. The third kappa shape index (κ3) is 2.47. The highest BCUT2D eigenvalue weighted by Crippen LogP contribution is 2.47. The van der Waals surface area contributed by atoms with Gasteiger partial charge in [0.25, 0.3) is 0 Å². The number of H-pyrrole nitrogens is 1. The Morgan fingerprint density at radius 1 is 1.37 bits per heavy atom. The molecule has 0 aromatic carbocycles. The molecule has 3 rings (SSSR count). The largest absolute Gasteiger partial charge is 0.348 e. The lowest BCUT2D eigenvalue weighted by Gasteiger charge is -2.33. The van der Waals surface area contributed by atoms with Crippen LogP contribution in [0.2, 0.25) is 0 Å². The average Bonchev–Trinajstić information content (AvgIpc) is 2.77. The van der Waals surface area contributed by atoms with E-state index in [1.165, 1.54) is 6.20 Å². The van der Waals surface area contributed by atoms with Crippen molar-refractivity contribution in [1.29, 1.82) is 0 Å².